The van der Waals surface area contributed by atoms with E-state index in [9.17, 15) is 14.4 Å². The zero-order chi connectivity index (χ0) is 20.3. The number of furan rings is 1. The molecule has 2 amide bonds. The highest BCUT2D eigenvalue weighted by molar-refractivity contribution is 5.97. The molecule has 150 valence electrons. The third kappa shape index (κ3) is 4.11. The minimum absolute atomic E-state index is 0.0603. The molecule has 2 N–H and O–H groups in total. The fourth-order valence-electron chi connectivity index (χ4n) is 3.37. The largest absolute Gasteiger partial charge is 0.494 e. The van der Waals surface area contributed by atoms with E-state index in [4.69, 9.17) is 19.6 Å². The highest BCUT2D eigenvalue weighted by Gasteiger charge is 2.28. The molecule has 0 saturated carbocycles. The molecule has 1 aliphatic heterocycles. The summed E-state index contributed by atoms with van der Waals surface area (Å²) in [5.74, 6) is -1.09. The number of nitrogens with two attached hydrogens (primary N) is 1. The lowest BCUT2D eigenvalue weighted by atomic mass is 9.97. The fraction of sp³-hybridized carbons (Fsp3) is 0.450. The molecule has 0 radical (unpaired) electrons. The van der Waals surface area contributed by atoms with Crippen molar-refractivity contribution >= 4 is 28.8 Å². The molecule has 0 spiro atoms. The van der Waals surface area contributed by atoms with Crippen LogP contribution in [0.4, 0.5) is 0 Å². The van der Waals surface area contributed by atoms with Crippen LogP contribution in [0.15, 0.2) is 22.6 Å². The lowest BCUT2D eigenvalue weighted by molar-refractivity contribution is -0.137. The van der Waals surface area contributed by atoms with E-state index in [0.29, 0.717) is 42.9 Å². The summed E-state index contributed by atoms with van der Waals surface area (Å²) in [7, 11) is 0. The standard InChI is InChI=1S/C20H24N2O6/c1-3-26-14-6-7-16-15(9-14)12(2)18(28-16)20(25)27-11-17(23)22-8-4-5-13(10-22)19(21)24/h6-7,9,13H,3-5,8,10-11H2,1-2H3,(H2,21,24)/t13-/m1/s1. The second-order valence-electron chi connectivity index (χ2n) is 6.80. The van der Waals surface area contributed by atoms with Gasteiger partial charge in [0.1, 0.15) is 11.3 Å². The SMILES string of the molecule is CCOc1ccc2oc(C(=O)OCC(=O)N3CCC[C@@H](C(N)=O)C3)c(C)c2c1. The van der Waals surface area contributed by atoms with Crippen LogP contribution in [0, 0.1) is 12.8 Å². The number of nitrogens with zero attached hydrogens (tertiary/aromatic N) is 1. The summed E-state index contributed by atoms with van der Waals surface area (Å²) in [6, 6.07) is 5.29. The highest BCUT2D eigenvalue weighted by Crippen LogP contribution is 2.29. The Balaban J connectivity index is 1.65. The lowest BCUT2D eigenvalue weighted by Gasteiger charge is -2.30. The van der Waals surface area contributed by atoms with Crippen LogP contribution in [0.25, 0.3) is 11.0 Å². The van der Waals surface area contributed by atoms with Gasteiger partial charge in [0, 0.05) is 24.0 Å². The average Bonchev–Trinajstić information content (AvgIpc) is 3.02. The van der Waals surface area contributed by atoms with Gasteiger partial charge < -0.3 is 24.5 Å². The molecule has 1 fully saturated rings. The predicted octanol–water partition coefficient (Wildman–Crippen LogP) is 2.02. The molecule has 0 bridgehead atoms. The van der Waals surface area contributed by atoms with E-state index in [1.54, 1.807) is 25.1 Å². The molecule has 8 heteroatoms. The molecule has 1 atom stereocenters. The Morgan fingerprint density at radius 1 is 1.32 bits per heavy atom. The van der Waals surface area contributed by atoms with Crippen molar-refractivity contribution in [3.8, 4) is 5.75 Å². The molecule has 1 aliphatic rings. The highest BCUT2D eigenvalue weighted by atomic mass is 16.5. The monoisotopic (exact) mass is 388 g/mol. The minimum Gasteiger partial charge on any atom is -0.494 e. The topological polar surface area (TPSA) is 112 Å². The van der Waals surface area contributed by atoms with Gasteiger partial charge in [-0.3, -0.25) is 9.59 Å². The number of likely N-dealkylation sites (tertiary alicyclic amines) is 1. The Bertz CT molecular complexity index is 903. The van der Waals surface area contributed by atoms with Crippen LogP contribution in [-0.2, 0) is 14.3 Å². The first-order valence-electron chi connectivity index (χ1n) is 9.30. The van der Waals surface area contributed by atoms with Gasteiger partial charge in [-0.15, -0.1) is 0 Å². The molecule has 8 nitrogen and oxygen atoms in total. The van der Waals surface area contributed by atoms with Crippen LogP contribution in [-0.4, -0.2) is 49.0 Å². The van der Waals surface area contributed by atoms with Gasteiger partial charge in [-0.05, 0) is 44.9 Å². The second kappa shape index (κ2) is 8.33. The summed E-state index contributed by atoms with van der Waals surface area (Å²) in [6.45, 7) is 4.54. The average molecular weight is 388 g/mol. The second-order valence-corrected chi connectivity index (χ2v) is 6.80. The van der Waals surface area contributed by atoms with Gasteiger partial charge in [-0.25, -0.2) is 4.79 Å². The van der Waals surface area contributed by atoms with Gasteiger partial charge in [0.2, 0.25) is 11.7 Å². The normalized spacial score (nSPS) is 16.8. The third-order valence-electron chi connectivity index (χ3n) is 4.91. The maximum atomic E-state index is 12.4. The van der Waals surface area contributed by atoms with E-state index >= 15 is 0 Å². The van der Waals surface area contributed by atoms with Gasteiger partial charge in [0.05, 0.1) is 12.5 Å². The van der Waals surface area contributed by atoms with Gasteiger partial charge >= 0.3 is 5.97 Å². The van der Waals surface area contributed by atoms with Crippen LogP contribution >= 0.6 is 0 Å². The molecule has 0 unspecified atom stereocenters. The Hall–Kier alpha value is -3.03. The maximum Gasteiger partial charge on any atom is 0.375 e. The van der Waals surface area contributed by atoms with E-state index in [1.807, 2.05) is 6.92 Å². The van der Waals surface area contributed by atoms with Crippen LogP contribution in [0.5, 0.6) is 5.75 Å². The van der Waals surface area contributed by atoms with E-state index in [1.165, 1.54) is 4.90 Å². The van der Waals surface area contributed by atoms with Crippen LogP contribution in [0.2, 0.25) is 0 Å². The first kappa shape index (κ1) is 19.7. The summed E-state index contributed by atoms with van der Waals surface area (Å²) in [6.07, 6.45) is 1.36. The lowest BCUT2D eigenvalue weighted by Crippen LogP contribution is -2.45. The molecular formula is C20H24N2O6. The first-order chi connectivity index (χ1) is 13.4. The number of rotatable bonds is 6. The number of ether oxygens (including phenoxy) is 2. The number of esters is 1. The molecular weight excluding hydrogens is 364 g/mol. The number of aryl methyl sites for hydroxylation is 1. The van der Waals surface area contributed by atoms with Crippen molar-refractivity contribution in [2.24, 2.45) is 11.7 Å². The molecule has 1 aromatic carbocycles. The molecule has 0 aliphatic carbocycles. The molecule has 2 aromatic rings. The van der Waals surface area contributed by atoms with Crippen molar-refractivity contribution in [2.45, 2.75) is 26.7 Å². The number of fused-ring (bicyclic) bond motifs is 1. The van der Waals surface area contributed by atoms with Gasteiger partial charge in [-0.1, -0.05) is 0 Å². The minimum atomic E-state index is -0.705. The van der Waals surface area contributed by atoms with Gasteiger partial charge in [0.25, 0.3) is 5.91 Å². The number of carbonyl (C=O) groups excluding carboxylic acids is 3. The Morgan fingerprint density at radius 2 is 2.11 bits per heavy atom. The summed E-state index contributed by atoms with van der Waals surface area (Å²) in [5, 5.41) is 0.754. The van der Waals surface area contributed by atoms with Crippen molar-refractivity contribution in [3.05, 3.63) is 29.5 Å². The number of carbonyl (C=O) groups is 3. The quantitative estimate of drug-likeness (QED) is 0.758. The van der Waals surface area contributed by atoms with E-state index in [2.05, 4.69) is 0 Å². The Kier molecular flexibility index (Phi) is 5.87. The first-order valence-corrected chi connectivity index (χ1v) is 9.30. The predicted molar refractivity (Wildman–Crippen MR) is 101 cm³/mol. The fourth-order valence-corrected chi connectivity index (χ4v) is 3.37. The molecule has 1 saturated heterocycles. The number of hydrogen-bond acceptors (Lipinski definition) is 6. The smallest absolute Gasteiger partial charge is 0.375 e. The van der Waals surface area contributed by atoms with Crippen molar-refractivity contribution in [1.82, 2.24) is 4.90 Å². The van der Waals surface area contributed by atoms with Crippen molar-refractivity contribution in [3.63, 3.8) is 0 Å². The number of piperidine rings is 1. The van der Waals surface area contributed by atoms with E-state index < -0.39 is 18.5 Å². The maximum absolute atomic E-state index is 12.4. The molecule has 28 heavy (non-hydrogen) atoms. The van der Waals surface area contributed by atoms with Crippen LogP contribution in [0.3, 0.4) is 0 Å². The number of primary amides is 1. The summed E-state index contributed by atoms with van der Waals surface area (Å²) in [5.41, 5.74) is 6.49. The molecule has 2 heterocycles. The summed E-state index contributed by atoms with van der Waals surface area (Å²) in [4.78, 5) is 37.6. The molecule has 1 aromatic heterocycles. The number of amides is 2. The van der Waals surface area contributed by atoms with Gasteiger partial charge in [-0.2, -0.15) is 0 Å². The van der Waals surface area contributed by atoms with Crippen molar-refractivity contribution in [2.75, 3.05) is 26.3 Å². The zero-order valence-corrected chi connectivity index (χ0v) is 16.0. The third-order valence-corrected chi connectivity index (χ3v) is 4.91. The number of hydrogen-bond donors (Lipinski definition) is 1. The summed E-state index contributed by atoms with van der Waals surface area (Å²) >= 11 is 0. The van der Waals surface area contributed by atoms with E-state index in [0.717, 1.165) is 5.39 Å². The Morgan fingerprint density at radius 3 is 2.82 bits per heavy atom. The van der Waals surface area contributed by atoms with Crippen molar-refractivity contribution < 1.29 is 28.3 Å². The van der Waals surface area contributed by atoms with Crippen molar-refractivity contribution in [1.29, 1.82) is 0 Å². The van der Waals surface area contributed by atoms with Crippen LogP contribution in [0.1, 0.15) is 35.9 Å². The zero-order valence-electron chi connectivity index (χ0n) is 16.0. The number of benzene rings is 1. The van der Waals surface area contributed by atoms with Crippen LogP contribution < -0.4 is 10.5 Å². The Labute approximate surface area is 162 Å². The van der Waals surface area contributed by atoms with E-state index in [-0.39, 0.29) is 24.1 Å². The summed E-state index contributed by atoms with van der Waals surface area (Å²) < 4.78 is 16.2. The molecule has 3 rings (SSSR count). The van der Waals surface area contributed by atoms with Gasteiger partial charge in [0.15, 0.2) is 6.61 Å².